The van der Waals surface area contributed by atoms with Crippen LogP contribution in [-0.2, 0) is 9.47 Å². The molecule has 1 amide bonds. The Morgan fingerprint density at radius 3 is 2.41 bits per heavy atom. The predicted octanol–water partition coefficient (Wildman–Crippen LogP) is 5.48. The largest absolute Gasteiger partial charge is 0.453 e. The molecule has 0 aromatic heterocycles. The zero-order valence-corrected chi connectivity index (χ0v) is 20.2. The summed E-state index contributed by atoms with van der Waals surface area (Å²) >= 11 is 0. The molecule has 1 aromatic rings. The number of carbonyl (C=O) groups excluding carboxylic acids is 1. The SMILES string of the molecule is CC.COC(=O)N1CCCC(/C(N)=C(\C)C=N)C1COC1CCC(c2ccccc2)CC1. The van der Waals surface area contributed by atoms with Gasteiger partial charge in [0.05, 0.1) is 25.9 Å². The molecule has 3 N–H and O–H groups in total. The molecule has 1 aliphatic heterocycles. The van der Waals surface area contributed by atoms with E-state index in [1.165, 1.54) is 18.9 Å². The van der Waals surface area contributed by atoms with Crippen molar-refractivity contribution in [3.63, 3.8) is 0 Å². The Kier molecular flexibility index (Phi) is 10.7. The Morgan fingerprint density at radius 2 is 1.81 bits per heavy atom. The second-order valence-corrected chi connectivity index (χ2v) is 8.48. The van der Waals surface area contributed by atoms with Gasteiger partial charge in [0.15, 0.2) is 0 Å². The fraction of sp³-hybridized carbons (Fsp3) is 0.615. The summed E-state index contributed by atoms with van der Waals surface area (Å²) in [5.41, 5.74) is 9.23. The normalized spacial score (nSPS) is 26.3. The van der Waals surface area contributed by atoms with Crippen LogP contribution in [0.1, 0.15) is 70.8 Å². The van der Waals surface area contributed by atoms with Crippen LogP contribution < -0.4 is 5.73 Å². The quantitative estimate of drug-likeness (QED) is 0.569. The van der Waals surface area contributed by atoms with Crippen LogP contribution in [0.25, 0.3) is 0 Å². The first kappa shape index (κ1) is 25.9. The van der Waals surface area contributed by atoms with Crippen LogP contribution in [0.3, 0.4) is 0 Å². The number of allylic oxidation sites excluding steroid dienone is 1. The Bertz CT molecular complexity index is 742. The van der Waals surface area contributed by atoms with E-state index in [-0.39, 0.29) is 24.2 Å². The van der Waals surface area contributed by atoms with Crippen molar-refractivity contribution < 1.29 is 14.3 Å². The number of methoxy groups -OCH3 is 1. The summed E-state index contributed by atoms with van der Waals surface area (Å²) in [7, 11) is 1.41. The zero-order chi connectivity index (χ0) is 23.5. The lowest BCUT2D eigenvalue weighted by Gasteiger charge is -2.41. The summed E-state index contributed by atoms with van der Waals surface area (Å²) in [4.78, 5) is 14.1. The highest BCUT2D eigenvalue weighted by Crippen LogP contribution is 2.35. The molecular formula is C26H41N3O3. The van der Waals surface area contributed by atoms with Gasteiger partial charge in [-0.3, -0.25) is 0 Å². The minimum Gasteiger partial charge on any atom is -0.453 e. The topological polar surface area (TPSA) is 88.6 Å². The molecule has 2 fully saturated rings. The minimum absolute atomic E-state index is 0.0138. The van der Waals surface area contributed by atoms with Crippen LogP contribution in [0.4, 0.5) is 4.79 Å². The lowest BCUT2D eigenvalue weighted by molar-refractivity contribution is -0.0292. The molecule has 32 heavy (non-hydrogen) atoms. The Labute approximate surface area is 193 Å². The van der Waals surface area contributed by atoms with Crippen molar-refractivity contribution in [1.29, 1.82) is 5.41 Å². The number of nitrogens with zero attached hydrogens (tertiary/aromatic N) is 1. The van der Waals surface area contributed by atoms with E-state index < -0.39 is 0 Å². The van der Waals surface area contributed by atoms with E-state index in [2.05, 4.69) is 30.3 Å². The highest BCUT2D eigenvalue weighted by Gasteiger charge is 2.37. The number of carbonyl (C=O) groups is 1. The Balaban J connectivity index is 0.00000176. The van der Waals surface area contributed by atoms with Gasteiger partial charge in [-0.15, -0.1) is 0 Å². The van der Waals surface area contributed by atoms with E-state index in [1.807, 2.05) is 20.8 Å². The van der Waals surface area contributed by atoms with Gasteiger partial charge in [-0.1, -0.05) is 44.2 Å². The van der Waals surface area contributed by atoms with Crippen molar-refractivity contribution >= 4 is 12.3 Å². The average molecular weight is 444 g/mol. The minimum atomic E-state index is -0.332. The number of benzene rings is 1. The van der Waals surface area contributed by atoms with Gasteiger partial charge >= 0.3 is 6.09 Å². The Hall–Kier alpha value is -2.34. The first-order valence-electron chi connectivity index (χ1n) is 12.0. The second kappa shape index (κ2) is 13.3. The molecule has 6 nitrogen and oxygen atoms in total. The van der Waals surface area contributed by atoms with Gasteiger partial charge in [0, 0.05) is 24.4 Å². The molecule has 1 saturated carbocycles. The summed E-state index contributed by atoms with van der Waals surface area (Å²) in [5, 5.41) is 7.55. The van der Waals surface area contributed by atoms with E-state index in [0.717, 1.165) is 44.1 Å². The summed E-state index contributed by atoms with van der Waals surface area (Å²) in [5.74, 6) is 0.592. The second-order valence-electron chi connectivity index (χ2n) is 8.48. The number of hydrogen-bond acceptors (Lipinski definition) is 5. The van der Waals surface area contributed by atoms with Crippen molar-refractivity contribution in [3.05, 3.63) is 47.2 Å². The number of nitrogens with one attached hydrogen (secondary N) is 1. The van der Waals surface area contributed by atoms with Gasteiger partial charge in [0.2, 0.25) is 0 Å². The van der Waals surface area contributed by atoms with Gasteiger partial charge in [-0.2, -0.15) is 0 Å². The third-order valence-corrected chi connectivity index (χ3v) is 6.71. The maximum atomic E-state index is 12.4. The Morgan fingerprint density at radius 1 is 1.16 bits per heavy atom. The maximum absolute atomic E-state index is 12.4. The van der Waals surface area contributed by atoms with Crippen molar-refractivity contribution in [2.75, 3.05) is 20.3 Å². The molecule has 0 radical (unpaired) electrons. The van der Waals surface area contributed by atoms with Gasteiger partial charge < -0.3 is 25.5 Å². The van der Waals surface area contributed by atoms with Crippen LogP contribution in [0, 0.1) is 11.3 Å². The standard InChI is InChI=1S/C24H35N3O3.C2H6/c1-17(15-25)23(26)21-9-6-14-27(24(28)29-2)22(21)16-30-20-12-10-19(11-13-20)18-7-4-3-5-8-18;1-2/h3-5,7-8,15,19-22,25H,6,9-14,16,26H2,1-2H3;1-2H3/b23-17-,25-15?;. The lowest BCUT2D eigenvalue weighted by Crippen LogP contribution is -2.52. The fourth-order valence-electron chi connectivity index (χ4n) is 4.87. The highest BCUT2D eigenvalue weighted by atomic mass is 16.5. The third-order valence-electron chi connectivity index (χ3n) is 6.71. The summed E-state index contributed by atoms with van der Waals surface area (Å²) in [6.45, 7) is 6.95. The van der Waals surface area contributed by atoms with Gasteiger partial charge in [0.25, 0.3) is 0 Å². The van der Waals surface area contributed by atoms with Crippen LogP contribution >= 0.6 is 0 Å². The zero-order valence-electron chi connectivity index (χ0n) is 20.2. The average Bonchev–Trinajstić information content (AvgIpc) is 2.87. The van der Waals surface area contributed by atoms with Gasteiger partial charge in [-0.25, -0.2) is 4.79 Å². The molecule has 1 aliphatic carbocycles. The van der Waals surface area contributed by atoms with Crippen molar-refractivity contribution in [2.45, 2.75) is 77.4 Å². The number of hydrogen-bond donors (Lipinski definition) is 2. The summed E-state index contributed by atoms with van der Waals surface area (Å²) in [6, 6.07) is 10.5. The lowest BCUT2D eigenvalue weighted by atomic mass is 9.82. The molecule has 0 spiro atoms. The van der Waals surface area contributed by atoms with Crippen LogP contribution in [0.5, 0.6) is 0 Å². The smallest absolute Gasteiger partial charge is 0.409 e. The maximum Gasteiger partial charge on any atom is 0.409 e. The van der Waals surface area contributed by atoms with Crippen molar-refractivity contribution in [2.24, 2.45) is 11.7 Å². The molecule has 1 saturated heterocycles. The predicted molar refractivity (Wildman–Crippen MR) is 130 cm³/mol. The fourth-order valence-corrected chi connectivity index (χ4v) is 4.87. The van der Waals surface area contributed by atoms with E-state index >= 15 is 0 Å². The molecule has 1 heterocycles. The molecule has 2 unspecified atom stereocenters. The first-order chi connectivity index (χ1) is 15.5. The monoisotopic (exact) mass is 443 g/mol. The number of ether oxygens (including phenoxy) is 2. The molecule has 1 aromatic carbocycles. The molecule has 2 atom stereocenters. The molecule has 2 aliphatic rings. The van der Waals surface area contributed by atoms with E-state index in [4.69, 9.17) is 20.6 Å². The number of likely N-dealkylation sites (tertiary alicyclic amines) is 1. The van der Waals surface area contributed by atoms with Crippen molar-refractivity contribution in [1.82, 2.24) is 4.90 Å². The highest BCUT2D eigenvalue weighted by molar-refractivity contribution is 5.76. The van der Waals surface area contributed by atoms with Gasteiger partial charge in [-0.05, 0) is 62.5 Å². The number of piperidine rings is 1. The number of nitrogens with two attached hydrogens (primary N) is 1. The molecule has 6 heteroatoms. The van der Waals surface area contributed by atoms with E-state index in [1.54, 1.807) is 4.90 Å². The van der Waals surface area contributed by atoms with Crippen molar-refractivity contribution in [3.8, 4) is 0 Å². The molecule has 178 valence electrons. The van der Waals surface area contributed by atoms with Gasteiger partial charge in [0.1, 0.15) is 0 Å². The summed E-state index contributed by atoms with van der Waals surface area (Å²) in [6.07, 6.45) is 7.22. The van der Waals surface area contributed by atoms with E-state index in [9.17, 15) is 4.79 Å². The number of amides is 1. The van der Waals surface area contributed by atoms with E-state index in [0.29, 0.717) is 24.8 Å². The number of rotatable bonds is 6. The molecular weight excluding hydrogens is 402 g/mol. The van der Waals surface area contributed by atoms with Crippen LogP contribution in [-0.4, -0.2) is 49.6 Å². The van der Waals surface area contributed by atoms with Crippen LogP contribution in [0.15, 0.2) is 41.6 Å². The molecule has 3 rings (SSSR count). The third kappa shape index (κ3) is 6.58. The molecule has 0 bridgehead atoms. The first-order valence-corrected chi connectivity index (χ1v) is 12.0. The van der Waals surface area contributed by atoms with Crippen LogP contribution in [0.2, 0.25) is 0 Å². The summed E-state index contributed by atoms with van der Waals surface area (Å²) < 4.78 is 11.4.